The fourth-order valence-electron chi connectivity index (χ4n) is 2.13. The van der Waals surface area contributed by atoms with E-state index >= 15 is 0 Å². The van der Waals surface area contributed by atoms with Crippen molar-refractivity contribution >= 4 is 17.0 Å². The van der Waals surface area contributed by atoms with E-state index in [2.05, 4.69) is 25.2 Å². The Morgan fingerprint density at radius 2 is 2.14 bits per heavy atom. The van der Waals surface area contributed by atoms with Crippen LogP contribution in [0.25, 0.3) is 0 Å². The number of rotatable bonds is 6. The second-order valence-electron chi connectivity index (χ2n) is 5.49. The molecule has 6 heteroatoms. The van der Waals surface area contributed by atoms with E-state index in [9.17, 15) is 14.5 Å². The lowest BCUT2D eigenvalue weighted by Gasteiger charge is -2.23. The first-order chi connectivity index (χ1) is 9.90. The van der Waals surface area contributed by atoms with Crippen LogP contribution in [0, 0.1) is 15.9 Å². The maximum atomic E-state index is 13.2. The lowest BCUT2D eigenvalue weighted by atomic mass is 9.91. The van der Waals surface area contributed by atoms with Crippen molar-refractivity contribution < 1.29 is 9.31 Å². The van der Waals surface area contributed by atoms with E-state index in [1.807, 2.05) is 11.4 Å². The average Bonchev–Trinajstić information content (AvgIpc) is 2.92. The largest absolute Gasteiger partial charge is 0.312 e. The molecular weight excluding hydrogens is 291 g/mol. The molecular formula is C15H17FN2O2S. The lowest BCUT2D eigenvalue weighted by molar-refractivity contribution is -0.385. The molecule has 0 atom stereocenters. The third-order valence-electron chi connectivity index (χ3n) is 3.31. The predicted octanol–water partition coefficient (Wildman–Crippen LogP) is 3.86. The summed E-state index contributed by atoms with van der Waals surface area (Å²) in [6.07, 6.45) is 0. The molecule has 2 rings (SSSR count). The quantitative estimate of drug-likeness (QED) is 0.651. The molecule has 0 unspecified atom stereocenters. The van der Waals surface area contributed by atoms with Crippen molar-refractivity contribution in [2.75, 3.05) is 6.54 Å². The van der Waals surface area contributed by atoms with Crippen LogP contribution in [-0.2, 0) is 12.0 Å². The van der Waals surface area contributed by atoms with Crippen molar-refractivity contribution in [3.05, 3.63) is 62.1 Å². The molecule has 21 heavy (non-hydrogen) atoms. The molecule has 0 fully saturated rings. The molecule has 0 aliphatic rings. The summed E-state index contributed by atoms with van der Waals surface area (Å²) in [7, 11) is 0. The predicted molar refractivity (Wildman–Crippen MR) is 82.1 cm³/mol. The molecule has 1 heterocycles. The smallest absolute Gasteiger partial charge is 0.274 e. The Morgan fingerprint density at radius 3 is 2.76 bits per heavy atom. The van der Waals surface area contributed by atoms with Crippen LogP contribution in [0.1, 0.15) is 24.3 Å². The van der Waals surface area contributed by atoms with E-state index in [0.717, 1.165) is 6.07 Å². The molecule has 1 aromatic heterocycles. The number of nitro benzene ring substituents is 1. The number of hydrogen-bond acceptors (Lipinski definition) is 4. The van der Waals surface area contributed by atoms with Gasteiger partial charge in [-0.15, -0.1) is 11.3 Å². The number of hydrogen-bond donors (Lipinski definition) is 1. The number of nitrogens with one attached hydrogen (secondary N) is 1. The molecule has 112 valence electrons. The second-order valence-corrected chi connectivity index (χ2v) is 6.44. The summed E-state index contributed by atoms with van der Waals surface area (Å²) < 4.78 is 13.2. The second kappa shape index (κ2) is 6.32. The molecule has 4 nitrogen and oxygen atoms in total. The zero-order valence-corrected chi connectivity index (χ0v) is 12.7. The summed E-state index contributed by atoms with van der Waals surface area (Å²) in [5.41, 5.74) is 0.232. The molecule has 0 aliphatic heterocycles. The summed E-state index contributed by atoms with van der Waals surface area (Å²) in [5, 5.41) is 16.1. The van der Waals surface area contributed by atoms with Gasteiger partial charge in [-0.2, -0.15) is 0 Å². The van der Waals surface area contributed by atoms with Crippen molar-refractivity contribution in [2.24, 2.45) is 0 Å². The van der Waals surface area contributed by atoms with Gasteiger partial charge in [-0.3, -0.25) is 10.1 Å². The monoisotopic (exact) mass is 308 g/mol. The van der Waals surface area contributed by atoms with Gasteiger partial charge in [-0.25, -0.2) is 4.39 Å². The Hall–Kier alpha value is -1.79. The van der Waals surface area contributed by atoms with Gasteiger partial charge >= 0.3 is 0 Å². The third kappa shape index (κ3) is 3.86. The minimum atomic E-state index is -0.485. The SMILES string of the molecule is CC(C)(CNCc1cc(F)ccc1[N+](=O)[O-])c1cccs1. The molecule has 2 aromatic rings. The molecule has 0 aliphatic carbocycles. The maximum absolute atomic E-state index is 13.2. The molecule has 0 bridgehead atoms. The van der Waals surface area contributed by atoms with Crippen LogP contribution in [0.3, 0.4) is 0 Å². The van der Waals surface area contributed by atoms with E-state index in [4.69, 9.17) is 0 Å². The van der Waals surface area contributed by atoms with Crippen LogP contribution in [0.2, 0.25) is 0 Å². The molecule has 0 spiro atoms. The van der Waals surface area contributed by atoms with Crippen LogP contribution in [-0.4, -0.2) is 11.5 Å². The van der Waals surface area contributed by atoms with Gasteiger partial charge < -0.3 is 5.32 Å². The van der Waals surface area contributed by atoms with Gasteiger partial charge in [0, 0.05) is 35.0 Å². The number of thiophene rings is 1. The molecule has 0 saturated heterocycles. The van der Waals surface area contributed by atoms with E-state index < -0.39 is 10.7 Å². The van der Waals surface area contributed by atoms with Gasteiger partial charge in [-0.1, -0.05) is 19.9 Å². The van der Waals surface area contributed by atoms with Crippen molar-refractivity contribution in [1.29, 1.82) is 0 Å². The molecule has 1 N–H and O–H groups in total. The molecule has 1 aromatic carbocycles. The fraction of sp³-hybridized carbons (Fsp3) is 0.333. The van der Waals surface area contributed by atoms with Gasteiger partial charge in [0.05, 0.1) is 4.92 Å². The van der Waals surface area contributed by atoms with Gasteiger partial charge in [0.2, 0.25) is 0 Å². The Bertz CT molecular complexity index is 627. The number of benzene rings is 1. The van der Waals surface area contributed by atoms with Gasteiger partial charge in [0.15, 0.2) is 0 Å². The minimum Gasteiger partial charge on any atom is -0.312 e. The lowest BCUT2D eigenvalue weighted by Crippen LogP contribution is -2.32. The fourth-order valence-corrected chi connectivity index (χ4v) is 2.99. The van der Waals surface area contributed by atoms with Crippen LogP contribution >= 0.6 is 11.3 Å². The van der Waals surface area contributed by atoms with Gasteiger partial charge in [0.25, 0.3) is 5.69 Å². The van der Waals surface area contributed by atoms with Gasteiger partial charge in [-0.05, 0) is 23.6 Å². The number of nitrogens with zero attached hydrogens (tertiary/aromatic N) is 1. The zero-order valence-electron chi connectivity index (χ0n) is 11.9. The van der Waals surface area contributed by atoms with Crippen molar-refractivity contribution in [3.63, 3.8) is 0 Å². The highest BCUT2D eigenvalue weighted by Crippen LogP contribution is 2.27. The first kappa shape index (κ1) is 15.6. The van der Waals surface area contributed by atoms with Crippen molar-refractivity contribution in [1.82, 2.24) is 5.32 Å². The van der Waals surface area contributed by atoms with Crippen LogP contribution in [0.5, 0.6) is 0 Å². The van der Waals surface area contributed by atoms with E-state index in [1.165, 1.54) is 17.0 Å². The first-order valence-corrected chi connectivity index (χ1v) is 7.45. The van der Waals surface area contributed by atoms with Gasteiger partial charge in [0.1, 0.15) is 5.82 Å². The van der Waals surface area contributed by atoms with Crippen molar-refractivity contribution in [3.8, 4) is 0 Å². The third-order valence-corrected chi connectivity index (χ3v) is 4.54. The highest BCUT2D eigenvalue weighted by molar-refractivity contribution is 7.10. The van der Waals surface area contributed by atoms with Crippen LogP contribution in [0.4, 0.5) is 10.1 Å². The summed E-state index contributed by atoms with van der Waals surface area (Å²) in [6, 6.07) is 7.59. The first-order valence-electron chi connectivity index (χ1n) is 6.58. The van der Waals surface area contributed by atoms with Crippen LogP contribution in [0.15, 0.2) is 35.7 Å². The van der Waals surface area contributed by atoms with Crippen molar-refractivity contribution in [2.45, 2.75) is 25.8 Å². The Balaban J connectivity index is 2.04. The van der Waals surface area contributed by atoms with E-state index in [0.29, 0.717) is 12.1 Å². The molecule has 0 amide bonds. The summed E-state index contributed by atoms with van der Waals surface area (Å²) in [4.78, 5) is 11.7. The topological polar surface area (TPSA) is 55.2 Å². The van der Waals surface area contributed by atoms with Crippen LogP contribution < -0.4 is 5.32 Å². The summed E-state index contributed by atoms with van der Waals surface area (Å²) >= 11 is 1.68. The molecule has 0 saturated carbocycles. The normalized spacial score (nSPS) is 11.6. The summed E-state index contributed by atoms with van der Waals surface area (Å²) in [6.45, 7) is 5.13. The Kier molecular flexibility index (Phi) is 4.69. The maximum Gasteiger partial charge on any atom is 0.274 e. The van der Waals surface area contributed by atoms with E-state index in [-0.39, 0.29) is 17.6 Å². The standard InChI is InChI=1S/C15H17FN2O2S/c1-15(2,14-4-3-7-21-14)10-17-9-11-8-12(16)5-6-13(11)18(19)20/h3-8,17H,9-10H2,1-2H3. The number of halogens is 1. The number of nitro groups is 1. The Labute approximate surface area is 126 Å². The highest BCUT2D eigenvalue weighted by Gasteiger charge is 2.22. The Morgan fingerprint density at radius 1 is 1.38 bits per heavy atom. The van der Waals surface area contributed by atoms with E-state index in [1.54, 1.807) is 11.3 Å². The molecule has 0 radical (unpaired) electrons. The zero-order chi connectivity index (χ0) is 15.5. The summed E-state index contributed by atoms with van der Waals surface area (Å²) in [5.74, 6) is -0.463. The highest BCUT2D eigenvalue weighted by atomic mass is 32.1. The minimum absolute atomic E-state index is 0.0576. The average molecular weight is 308 g/mol.